The summed E-state index contributed by atoms with van der Waals surface area (Å²) in [6, 6.07) is 9.07. The van der Waals surface area contributed by atoms with Crippen molar-refractivity contribution in [2.75, 3.05) is 17.2 Å². The van der Waals surface area contributed by atoms with Crippen LogP contribution >= 0.6 is 0 Å². The Labute approximate surface area is 240 Å². The van der Waals surface area contributed by atoms with E-state index >= 15 is 0 Å². The van der Waals surface area contributed by atoms with Crippen molar-refractivity contribution < 1.29 is 28.0 Å². The third-order valence-electron chi connectivity index (χ3n) is 12.2. The van der Waals surface area contributed by atoms with Crippen LogP contribution in [0.1, 0.15) is 85.0 Å². The lowest BCUT2D eigenvalue weighted by molar-refractivity contribution is -0.174. The quantitative estimate of drug-likeness (QED) is 0.362. The van der Waals surface area contributed by atoms with E-state index in [9.17, 15) is 28.0 Å². The lowest BCUT2D eigenvalue weighted by Gasteiger charge is -2.62. The Morgan fingerprint density at radius 2 is 1.68 bits per heavy atom. The Morgan fingerprint density at radius 1 is 1.00 bits per heavy atom. The first-order valence-electron chi connectivity index (χ1n) is 15.5. The Morgan fingerprint density at radius 3 is 2.38 bits per heavy atom. The molecule has 8 heteroatoms. The Kier molecular flexibility index (Phi) is 8.48. The number of carbonyl (C=O) groups is 1. The van der Waals surface area contributed by atoms with E-state index in [2.05, 4.69) is 20.8 Å². The molecule has 0 radical (unpaired) electrons. The average molecular weight is 576 g/mol. The number of fused-ring (bicyclic) bond motifs is 5. The van der Waals surface area contributed by atoms with E-state index < -0.39 is 15.9 Å². The molecule has 4 fully saturated rings. The van der Waals surface area contributed by atoms with Crippen molar-refractivity contribution in [1.82, 2.24) is 0 Å². The monoisotopic (exact) mass is 575 g/mol. The van der Waals surface area contributed by atoms with Crippen LogP contribution in [0.4, 0.5) is 5.69 Å². The van der Waals surface area contributed by atoms with E-state index in [0.29, 0.717) is 47.6 Å². The van der Waals surface area contributed by atoms with Gasteiger partial charge in [0.15, 0.2) is 0 Å². The fourth-order valence-electron chi connectivity index (χ4n) is 10.1. The summed E-state index contributed by atoms with van der Waals surface area (Å²) < 4.78 is 32.1. The molecule has 1 aromatic rings. The fourth-order valence-corrected chi connectivity index (χ4v) is 10.5. The van der Waals surface area contributed by atoms with E-state index in [1.807, 2.05) is 18.2 Å². The number of nitrogens with zero attached hydrogens (tertiary/aromatic N) is 1. The SMILES string of the molecule is C[C@H](CCC(=O)N(CCS(=O)(=O)O)c1ccccc1)[C@H]1CC[C@H]2[C@@H]3[C@@H](O)C[C@@H]4C[C@H](O)CC[C@]4(C)[C@H]3CC[C@]12C. The third-order valence-corrected chi connectivity index (χ3v) is 12.9. The maximum atomic E-state index is 13.4. The molecule has 5 rings (SSSR count). The topological polar surface area (TPSA) is 115 Å². The molecule has 1 aromatic carbocycles. The van der Waals surface area contributed by atoms with Crippen LogP contribution in [0.15, 0.2) is 30.3 Å². The standard InChI is InChI=1S/C32H49NO6S/c1-21(9-12-29(36)33(17-18-40(37,38)39)23-7-5-4-6-8-23)25-10-11-26-30-27(14-16-32(25,26)3)31(2)15-13-24(34)19-22(31)20-28(30)35/h4-8,21-22,24-28,30,34-35H,9-20H2,1-3H3,(H,37,38,39)/t21-,22+,24-,25-,26+,27+,28+,30+,31+,32-/m1/s1. The van der Waals surface area contributed by atoms with Crippen LogP contribution in [0.2, 0.25) is 0 Å². The molecule has 0 heterocycles. The van der Waals surface area contributed by atoms with Crippen LogP contribution in [0.3, 0.4) is 0 Å². The van der Waals surface area contributed by atoms with Crippen LogP contribution in [0.25, 0.3) is 0 Å². The van der Waals surface area contributed by atoms with Crippen molar-refractivity contribution in [3.63, 3.8) is 0 Å². The molecular weight excluding hydrogens is 526 g/mol. The van der Waals surface area contributed by atoms with Crippen LogP contribution in [0.5, 0.6) is 0 Å². The van der Waals surface area contributed by atoms with Gasteiger partial charge < -0.3 is 15.1 Å². The molecule has 4 aliphatic rings. The molecule has 3 N–H and O–H groups in total. The normalized spacial score (nSPS) is 40.0. The van der Waals surface area contributed by atoms with E-state index in [1.54, 1.807) is 12.1 Å². The smallest absolute Gasteiger partial charge is 0.266 e. The second-order valence-corrected chi connectivity index (χ2v) is 15.7. The first-order valence-corrected chi connectivity index (χ1v) is 17.1. The molecule has 4 saturated carbocycles. The van der Waals surface area contributed by atoms with Gasteiger partial charge in [-0.3, -0.25) is 9.35 Å². The van der Waals surface area contributed by atoms with Crippen molar-refractivity contribution in [3.05, 3.63) is 30.3 Å². The molecule has 0 aromatic heterocycles. The Hall–Kier alpha value is -1.48. The van der Waals surface area contributed by atoms with Gasteiger partial charge in [-0.05, 0) is 116 Å². The number of hydrogen-bond donors (Lipinski definition) is 3. The summed E-state index contributed by atoms with van der Waals surface area (Å²) in [5.41, 5.74) is 0.999. The average Bonchev–Trinajstić information content (AvgIpc) is 3.25. The molecule has 0 unspecified atom stereocenters. The van der Waals surface area contributed by atoms with Crippen molar-refractivity contribution >= 4 is 21.7 Å². The molecule has 0 spiro atoms. The minimum absolute atomic E-state index is 0.0724. The van der Waals surface area contributed by atoms with Gasteiger partial charge in [0.2, 0.25) is 5.91 Å². The highest BCUT2D eigenvalue weighted by Gasteiger charge is 2.62. The fraction of sp³-hybridized carbons (Fsp3) is 0.781. The number of para-hydroxylation sites is 1. The summed E-state index contributed by atoms with van der Waals surface area (Å²) in [4.78, 5) is 14.9. The van der Waals surface area contributed by atoms with E-state index in [0.717, 1.165) is 57.8 Å². The molecule has 0 aliphatic heterocycles. The number of rotatable bonds is 8. The van der Waals surface area contributed by atoms with Gasteiger partial charge in [-0.1, -0.05) is 39.0 Å². The largest absolute Gasteiger partial charge is 0.393 e. The molecule has 0 bridgehead atoms. The Bertz CT molecular complexity index is 1160. The number of aliphatic hydroxyl groups excluding tert-OH is 2. The zero-order valence-electron chi connectivity index (χ0n) is 24.4. The van der Waals surface area contributed by atoms with Crippen LogP contribution in [0, 0.1) is 46.3 Å². The maximum Gasteiger partial charge on any atom is 0.266 e. The van der Waals surface area contributed by atoms with Gasteiger partial charge in [-0.25, -0.2) is 0 Å². The summed E-state index contributed by atoms with van der Waals surface area (Å²) in [6.45, 7) is 7.08. The summed E-state index contributed by atoms with van der Waals surface area (Å²) in [5.74, 6) is 1.95. The number of anilines is 1. The van der Waals surface area contributed by atoms with Crippen molar-refractivity contribution in [2.24, 2.45) is 46.3 Å². The van der Waals surface area contributed by atoms with Gasteiger partial charge in [0, 0.05) is 18.7 Å². The summed E-state index contributed by atoms with van der Waals surface area (Å²) in [7, 11) is -4.18. The number of aliphatic hydroxyl groups is 2. The molecule has 1 amide bonds. The van der Waals surface area contributed by atoms with Crippen LogP contribution < -0.4 is 4.90 Å². The minimum atomic E-state index is -4.18. The van der Waals surface area contributed by atoms with Crippen molar-refractivity contribution in [1.29, 1.82) is 0 Å². The molecule has 224 valence electrons. The first-order chi connectivity index (χ1) is 18.8. The summed E-state index contributed by atoms with van der Waals surface area (Å²) in [5, 5.41) is 21.8. The number of hydrogen-bond acceptors (Lipinski definition) is 5. The zero-order valence-corrected chi connectivity index (χ0v) is 25.2. The Balaban J connectivity index is 1.26. The summed E-state index contributed by atoms with van der Waals surface area (Å²) in [6.07, 6.45) is 8.68. The van der Waals surface area contributed by atoms with Gasteiger partial charge >= 0.3 is 0 Å². The molecule has 7 nitrogen and oxygen atoms in total. The molecule has 40 heavy (non-hydrogen) atoms. The molecular formula is C32H49NO6S. The van der Waals surface area contributed by atoms with Crippen molar-refractivity contribution in [3.8, 4) is 0 Å². The predicted molar refractivity (Wildman–Crippen MR) is 156 cm³/mol. The van der Waals surface area contributed by atoms with Gasteiger partial charge in [0.25, 0.3) is 10.1 Å². The highest BCUT2D eigenvalue weighted by Crippen LogP contribution is 2.68. The second kappa shape index (κ2) is 11.3. The minimum Gasteiger partial charge on any atom is -0.393 e. The summed E-state index contributed by atoms with van der Waals surface area (Å²) >= 11 is 0. The molecule has 0 saturated heterocycles. The van der Waals surface area contributed by atoms with E-state index in [-0.39, 0.29) is 35.5 Å². The maximum absolute atomic E-state index is 13.4. The second-order valence-electron chi connectivity index (χ2n) is 14.1. The zero-order chi connectivity index (χ0) is 28.9. The number of carbonyl (C=O) groups excluding carboxylic acids is 1. The lowest BCUT2D eigenvalue weighted by atomic mass is 9.43. The highest BCUT2D eigenvalue weighted by molar-refractivity contribution is 7.85. The van der Waals surface area contributed by atoms with Crippen molar-refractivity contribution in [2.45, 2.75) is 97.2 Å². The highest BCUT2D eigenvalue weighted by atomic mass is 32.2. The van der Waals surface area contributed by atoms with E-state index in [1.165, 1.54) is 4.90 Å². The molecule has 4 aliphatic carbocycles. The predicted octanol–water partition coefficient (Wildman–Crippen LogP) is 5.31. The van der Waals surface area contributed by atoms with Gasteiger partial charge in [0.1, 0.15) is 0 Å². The number of benzene rings is 1. The van der Waals surface area contributed by atoms with Crippen LogP contribution in [-0.4, -0.2) is 53.6 Å². The van der Waals surface area contributed by atoms with Gasteiger partial charge in [-0.2, -0.15) is 8.42 Å². The van der Waals surface area contributed by atoms with E-state index in [4.69, 9.17) is 0 Å². The number of amides is 1. The third kappa shape index (κ3) is 5.62. The molecule has 10 atom stereocenters. The van der Waals surface area contributed by atoms with Gasteiger partial charge in [-0.15, -0.1) is 0 Å². The first kappa shape index (κ1) is 30.0. The lowest BCUT2D eigenvalue weighted by Crippen LogP contribution is -2.58. The van der Waals surface area contributed by atoms with Gasteiger partial charge in [0.05, 0.1) is 18.0 Å². The van der Waals surface area contributed by atoms with Crippen LogP contribution in [-0.2, 0) is 14.9 Å².